The van der Waals surface area contributed by atoms with Crippen LogP contribution in [0.5, 0.6) is 0 Å². The molecule has 136 valence electrons. The maximum Gasteiger partial charge on any atom is 0.229 e. The number of ether oxygens (including phenoxy) is 2. The first-order valence-corrected chi connectivity index (χ1v) is 8.30. The van der Waals surface area contributed by atoms with E-state index in [4.69, 9.17) is 32.3 Å². The van der Waals surface area contributed by atoms with Crippen LogP contribution in [0.15, 0.2) is 17.5 Å². The van der Waals surface area contributed by atoms with Gasteiger partial charge < -0.3 is 20.5 Å². The Morgan fingerprint density at radius 1 is 1.38 bits per heavy atom. The largest absolute Gasteiger partial charge is 0.382 e. The van der Waals surface area contributed by atoms with E-state index in [0.29, 0.717) is 24.9 Å². The molecule has 11 nitrogen and oxygen atoms in total. The van der Waals surface area contributed by atoms with Crippen molar-refractivity contribution in [3.05, 3.63) is 33.6 Å². The summed E-state index contributed by atoms with van der Waals surface area (Å²) in [4.78, 5) is 11.5. The highest BCUT2D eigenvalue weighted by molar-refractivity contribution is 6.33. The lowest BCUT2D eigenvalue weighted by Crippen LogP contribution is -2.27. The van der Waals surface area contributed by atoms with Gasteiger partial charge in [-0.05, 0) is 5.53 Å². The molecule has 4 heterocycles. The van der Waals surface area contributed by atoms with E-state index in [1.807, 2.05) is 0 Å². The van der Waals surface area contributed by atoms with Crippen LogP contribution in [-0.2, 0) is 16.5 Å². The number of anilines is 3. The minimum absolute atomic E-state index is 0.163. The summed E-state index contributed by atoms with van der Waals surface area (Å²) in [5.41, 5.74) is 15.9. The van der Waals surface area contributed by atoms with Crippen molar-refractivity contribution in [2.45, 2.75) is 24.2 Å². The van der Waals surface area contributed by atoms with Crippen LogP contribution in [0.1, 0.15) is 11.6 Å². The molecule has 0 radical (unpaired) electrons. The molecule has 2 aromatic heterocycles. The van der Waals surface area contributed by atoms with E-state index in [1.165, 1.54) is 0 Å². The number of hydrogen-bond acceptors (Lipinski definition) is 8. The van der Waals surface area contributed by atoms with Crippen molar-refractivity contribution in [3.8, 4) is 0 Å². The Morgan fingerprint density at radius 2 is 2.19 bits per heavy atom. The Morgan fingerprint density at radius 3 is 2.92 bits per heavy atom. The van der Waals surface area contributed by atoms with Gasteiger partial charge in [-0.3, -0.25) is 4.68 Å². The zero-order valence-electron chi connectivity index (χ0n) is 13.8. The summed E-state index contributed by atoms with van der Waals surface area (Å²) in [5.74, 6) is 0.241. The van der Waals surface area contributed by atoms with Crippen LogP contribution in [0.2, 0.25) is 5.02 Å². The molecule has 2 aliphatic rings. The molecule has 4 atom stereocenters. The van der Waals surface area contributed by atoms with Crippen LogP contribution in [0.3, 0.4) is 0 Å². The Bertz CT molecular complexity index is 881. The first kappa shape index (κ1) is 16.9. The second-order valence-corrected chi connectivity index (χ2v) is 6.51. The third-order valence-corrected chi connectivity index (χ3v) is 4.83. The van der Waals surface area contributed by atoms with Gasteiger partial charge in [0, 0.05) is 18.2 Å². The average molecular weight is 378 g/mol. The molecule has 2 fully saturated rings. The molecule has 26 heavy (non-hydrogen) atoms. The van der Waals surface area contributed by atoms with E-state index in [-0.39, 0.29) is 35.0 Å². The van der Waals surface area contributed by atoms with Gasteiger partial charge in [-0.1, -0.05) is 16.7 Å². The lowest BCUT2D eigenvalue weighted by molar-refractivity contribution is 0.0687. The molecule has 0 saturated carbocycles. The van der Waals surface area contributed by atoms with Crippen molar-refractivity contribution >= 4 is 29.1 Å². The lowest BCUT2D eigenvalue weighted by atomic mass is 9.97. The van der Waals surface area contributed by atoms with Crippen molar-refractivity contribution in [1.29, 1.82) is 0 Å². The molecule has 0 spiro atoms. The standard InChI is InChI=1S/C14H16ClN9O2/c1-24-3-6(2-18-24)19-14-20-10(9(15)13(16)21-14)7-4-25-12-8(22-23-17)5-26-11(7)12/h2-3,7-8,11-12H,4-5H2,1H3,(H3,16,19,20,21)/t7-,8+,11?,12?/m0/s1. The van der Waals surface area contributed by atoms with Crippen LogP contribution >= 0.6 is 11.6 Å². The van der Waals surface area contributed by atoms with Crippen molar-refractivity contribution in [1.82, 2.24) is 19.7 Å². The van der Waals surface area contributed by atoms with Gasteiger partial charge in [0.15, 0.2) is 0 Å². The number of aromatic nitrogens is 4. The van der Waals surface area contributed by atoms with E-state index in [0.717, 1.165) is 5.69 Å². The van der Waals surface area contributed by atoms with Gasteiger partial charge in [0.25, 0.3) is 0 Å². The molecule has 0 amide bonds. The average Bonchev–Trinajstić information content (AvgIpc) is 3.29. The normalized spacial score (nSPS) is 27.2. The van der Waals surface area contributed by atoms with Gasteiger partial charge in [-0.2, -0.15) is 10.1 Å². The first-order valence-electron chi connectivity index (χ1n) is 7.93. The Kier molecular flexibility index (Phi) is 4.29. The number of nitrogens with one attached hydrogen (secondary N) is 1. The van der Waals surface area contributed by atoms with Gasteiger partial charge in [0.05, 0.1) is 55.0 Å². The molecule has 0 bridgehead atoms. The summed E-state index contributed by atoms with van der Waals surface area (Å²) < 4.78 is 13.2. The highest BCUT2D eigenvalue weighted by atomic mass is 35.5. The fourth-order valence-electron chi connectivity index (χ4n) is 3.28. The van der Waals surface area contributed by atoms with Crippen LogP contribution in [-0.4, -0.2) is 51.2 Å². The number of nitrogens with zero attached hydrogens (tertiary/aromatic N) is 7. The maximum atomic E-state index is 8.66. The van der Waals surface area contributed by atoms with E-state index in [1.54, 1.807) is 24.1 Å². The highest BCUT2D eigenvalue weighted by Gasteiger charge is 2.49. The third-order valence-electron chi connectivity index (χ3n) is 4.44. The number of halogens is 1. The fraction of sp³-hybridized carbons (Fsp3) is 0.500. The van der Waals surface area contributed by atoms with Crippen LogP contribution in [0, 0.1) is 0 Å². The minimum atomic E-state index is -0.360. The van der Waals surface area contributed by atoms with Crippen LogP contribution in [0.4, 0.5) is 17.5 Å². The lowest BCUT2D eigenvalue weighted by Gasteiger charge is -2.18. The smallest absolute Gasteiger partial charge is 0.229 e. The van der Waals surface area contributed by atoms with E-state index in [2.05, 4.69) is 30.4 Å². The summed E-state index contributed by atoms with van der Waals surface area (Å²) in [6.07, 6.45) is 2.81. The molecule has 2 aliphatic heterocycles. The first-order chi connectivity index (χ1) is 12.6. The molecule has 2 aromatic rings. The molecular formula is C14H16ClN9O2. The zero-order chi connectivity index (χ0) is 18.3. The molecule has 2 saturated heterocycles. The van der Waals surface area contributed by atoms with Crippen molar-refractivity contribution < 1.29 is 9.47 Å². The van der Waals surface area contributed by atoms with Crippen molar-refractivity contribution in [2.75, 3.05) is 24.3 Å². The summed E-state index contributed by atoms with van der Waals surface area (Å²) >= 11 is 6.35. The second kappa shape index (κ2) is 6.61. The predicted molar refractivity (Wildman–Crippen MR) is 93.1 cm³/mol. The van der Waals surface area contributed by atoms with Gasteiger partial charge in [0.1, 0.15) is 10.8 Å². The minimum Gasteiger partial charge on any atom is -0.382 e. The SMILES string of the molecule is Cn1cc(Nc2nc(N)c(Cl)c([C@@H]3COC4C3OC[C@H]4N=[N+]=[N-])n2)cn1. The fourth-order valence-corrected chi connectivity index (χ4v) is 3.50. The summed E-state index contributed by atoms with van der Waals surface area (Å²) in [7, 11) is 1.81. The number of hydrogen-bond donors (Lipinski definition) is 2. The van der Waals surface area contributed by atoms with Gasteiger partial charge in [0.2, 0.25) is 5.95 Å². The highest BCUT2D eigenvalue weighted by Crippen LogP contribution is 2.41. The van der Waals surface area contributed by atoms with Gasteiger partial charge in [-0.25, -0.2) is 4.98 Å². The monoisotopic (exact) mass is 377 g/mol. The van der Waals surface area contributed by atoms with Crippen LogP contribution < -0.4 is 11.1 Å². The Hall–Kier alpha value is -2.59. The molecule has 12 heteroatoms. The van der Waals surface area contributed by atoms with E-state index < -0.39 is 0 Å². The topological polar surface area (TPSA) is 149 Å². The quantitative estimate of drug-likeness (QED) is 0.468. The van der Waals surface area contributed by atoms with Crippen molar-refractivity contribution in [2.24, 2.45) is 12.2 Å². The van der Waals surface area contributed by atoms with Gasteiger partial charge >= 0.3 is 0 Å². The maximum absolute atomic E-state index is 8.66. The molecule has 0 aromatic carbocycles. The summed E-state index contributed by atoms with van der Waals surface area (Å²) in [5, 5.41) is 11.1. The molecule has 4 rings (SSSR count). The molecule has 2 unspecified atom stereocenters. The van der Waals surface area contributed by atoms with E-state index >= 15 is 0 Å². The number of nitrogens with two attached hydrogens (primary N) is 1. The predicted octanol–water partition coefficient (Wildman–Crippen LogP) is 1.75. The number of nitrogen functional groups attached to an aromatic ring is 1. The van der Waals surface area contributed by atoms with Crippen molar-refractivity contribution in [3.63, 3.8) is 0 Å². The Labute approximate surface area is 153 Å². The van der Waals surface area contributed by atoms with E-state index in [9.17, 15) is 0 Å². The Balaban J connectivity index is 1.63. The number of aryl methyl sites for hydroxylation is 1. The van der Waals surface area contributed by atoms with Gasteiger partial charge in [-0.15, -0.1) is 0 Å². The second-order valence-electron chi connectivity index (χ2n) is 6.13. The summed E-state index contributed by atoms with van der Waals surface area (Å²) in [6, 6.07) is -0.360. The summed E-state index contributed by atoms with van der Waals surface area (Å²) in [6.45, 7) is 0.643. The third kappa shape index (κ3) is 2.90. The molecular weight excluding hydrogens is 362 g/mol. The van der Waals surface area contributed by atoms with Crippen LogP contribution in [0.25, 0.3) is 10.4 Å². The molecule has 0 aliphatic carbocycles. The number of azide groups is 1. The molecule has 3 N–H and O–H groups in total. The zero-order valence-corrected chi connectivity index (χ0v) is 14.5. The number of rotatable bonds is 4. The number of fused-ring (bicyclic) bond motifs is 1.